The summed E-state index contributed by atoms with van der Waals surface area (Å²) in [5.41, 5.74) is 1.14. The molecule has 0 spiro atoms. The second kappa shape index (κ2) is 8.94. The molecular formula is C18H28BrN3O2. The minimum Gasteiger partial charge on any atom is -0.379 e. The maximum Gasteiger partial charge on any atom is 0.234 e. The molecule has 0 saturated carbocycles. The molecule has 0 aromatic heterocycles. The fourth-order valence-electron chi connectivity index (χ4n) is 2.85. The van der Waals surface area contributed by atoms with E-state index in [0.717, 1.165) is 37.3 Å². The predicted molar refractivity (Wildman–Crippen MR) is 100.0 cm³/mol. The van der Waals surface area contributed by atoms with Crippen molar-refractivity contribution in [2.24, 2.45) is 0 Å². The first-order valence-electron chi connectivity index (χ1n) is 8.39. The largest absolute Gasteiger partial charge is 0.379 e. The van der Waals surface area contributed by atoms with Gasteiger partial charge in [0.15, 0.2) is 0 Å². The molecule has 6 heteroatoms. The quantitative estimate of drug-likeness (QED) is 0.764. The van der Waals surface area contributed by atoms with Gasteiger partial charge in [-0.25, -0.2) is 0 Å². The number of ether oxygens (including phenoxy) is 1. The normalized spacial score (nSPS) is 16.4. The van der Waals surface area contributed by atoms with Gasteiger partial charge in [-0.1, -0.05) is 28.1 Å². The Bertz CT molecular complexity index is 528. The maximum absolute atomic E-state index is 12.2. The van der Waals surface area contributed by atoms with Crippen LogP contribution in [0.1, 0.15) is 19.4 Å². The second-order valence-corrected chi connectivity index (χ2v) is 7.90. The number of halogens is 1. The lowest BCUT2D eigenvalue weighted by Gasteiger charge is -2.40. The first-order valence-corrected chi connectivity index (χ1v) is 9.18. The van der Waals surface area contributed by atoms with E-state index >= 15 is 0 Å². The topological polar surface area (TPSA) is 44.8 Å². The van der Waals surface area contributed by atoms with E-state index in [2.05, 4.69) is 52.1 Å². The zero-order chi connectivity index (χ0) is 17.6. The standard InChI is InChI=1S/C18H28BrN3O2/c1-18(2,22-8-10-24-11-9-22)14-20-17(23)13-21(3)12-15-4-6-16(19)7-5-15/h4-7H,8-14H2,1-3H3,(H,20,23). The highest BCUT2D eigenvalue weighted by molar-refractivity contribution is 9.10. The number of carbonyl (C=O) groups excluding carboxylic acids is 1. The second-order valence-electron chi connectivity index (χ2n) is 6.99. The lowest BCUT2D eigenvalue weighted by atomic mass is 10.0. The molecule has 0 unspecified atom stereocenters. The summed E-state index contributed by atoms with van der Waals surface area (Å²) in [6.45, 7) is 9.54. The van der Waals surface area contributed by atoms with Crippen molar-refractivity contribution in [1.29, 1.82) is 0 Å². The van der Waals surface area contributed by atoms with E-state index in [1.54, 1.807) is 0 Å². The van der Waals surface area contributed by atoms with Crippen LogP contribution in [0, 0.1) is 0 Å². The third kappa shape index (κ3) is 6.16. The van der Waals surface area contributed by atoms with Gasteiger partial charge in [-0.05, 0) is 38.6 Å². The SMILES string of the molecule is CN(CC(=O)NCC(C)(C)N1CCOCC1)Cc1ccc(Br)cc1. The summed E-state index contributed by atoms with van der Waals surface area (Å²) in [5, 5.41) is 3.08. The molecule has 1 heterocycles. The van der Waals surface area contributed by atoms with E-state index in [9.17, 15) is 4.79 Å². The Morgan fingerprint density at radius 1 is 1.29 bits per heavy atom. The molecule has 2 rings (SSSR count). The number of nitrogens with one attached hydrogen (secondary N) is 1. The number of hydrogen-bond donors (Lipinski definition) is 1. The molecule has 0 aliphatic carbocycles. The van der Waals surface area contributed by atoms with Gasteiger partial charge in [-0.3, -0.25) is 14.6 Å². The molecular weight excluding hydrogens is 370 g/mol. The van der Waals surface area contributed by atoms with Gasteiger partial charge in [0.1, 0.15) is 0 Å². The van der Waals surface area contributed by atoms with Crippen molar-refractivity contribution in [3.63, 3.8) is 0 Å². The Labute approximate surface area is 153 Å². The Kier molecular flexibility index (Phi) is 7.22. The average molecular weight is 398 g/mol. The van der Waals surface area contributed by atoms with Crippen molar-refractivity contribution < 1.29 is 9.53 Å². The molecule has 0 atom stereocenters. The van der Waals surface area contributed by atoms with Crippen LogP contribution in [0.5, 0.6) is 0 Å². The molecule has 1 aliphatic heterocycles. The van der Waals surface area contributed by atoms with E-state index in [4.69, 9.17) is 4.74 Å². The van der Waals surface area contributed by atoms with E-state index in [1.165, 1.54) is 5.56 Å². The lowest BCUT2D eigenvalue weighted by Crippen LogP contribution is -2.56. The zero-order valence-electron chi connectivity index (χ0n) is 14.8. The third-order valence-electron chi connectivity index (χ3n) is 4.36. The highest BCUT2D eigenvalue weighted by Crippen LogP contribution is 2.15. The van der Waals surface area contributed by atoms with E-state index in [-0.39, 0.29) is 11.4 Å². The number of morpholine rings is 1. The van der Waals surface area contributed by atoms with Crippen LogP contribution in [-0.4, -0.2) is 67.7 Å². The van der Waals surface area contributed by atoms with Crippen LogP contribution < -0.4 is 5.32 Å². The molecule has 24 heavy (non-hydrogen) atoms. The van der Waals surface area contributed by atoms with Crippen LogP contribution in [0.15, 0.2) is 28.7 Å². The molecule has 1 aliphatic rings. The number of nitrogens with zero attached hydrogens (tertiary/aromatic N) is 2. The first-order chi connectivity index (χ1) is 11.4. The first kappa shape index (κ1) is 19.4. The summed E-state index contributed by atoms with van der Waals surface area (Å²) >= 11 is 3.43. The number of carbonyl (C=O) groups is 1. The number of hydrogen-bond acceptors (Lipinski definition) is 4. The van der Waals surface area contributed by atoms with Gasteiger partial charge in [0.2, 0.25) is 5.91 Å². The van der Waals surface area contributed by atoms with Crippen molar-refractivity contribution in [2.75, 3.05) is 46.4 Å². The van der Waals surface area contributed by atoms with Gasteiger partial charge in [0.05, 0.1) is 19.8 Å². The van der Waals surface area contributed by atoms with Crippen LogP contribution in [0.3, 0.4) is 0 Å². The number of likely N-dealkylation sites (N-methyl/N-ethyl adjacent to an activating group) is 1. The Morgan fingerprint density at radius 3 is 2.54 bits per heavy atom. The third-order valence-corrected chi connectivity index (χ3v) is 4.89. The highest BCUT2D eigenvalue weighted by atomic mass is 79.9. The minimum atomic E-state index is -0.0519. The van der Waals surface area contributed by atoms with Gasteiger partial charge in [-0.2, -0.15) is 0 Å². The molecule has 0 bridgehead atoms. The van der Waals surface area contributed by atoms with Crippen LogP contribution >= 0.6 is 15.9 Å². The van der Waals surface area contributed by atoms with Crippen LogP contribution in [0.2, 0.25) is 0 Å². The fraction of sp³-hybridized carbons (Fsp3) is 0.611. The summed E-state index contributed by atoms with van der Waals surface area (Å²) < 4.78 is 6.47. The van der Waals surface area contributed by atoms with Gasteiger partial charge in [0.25, 0.3) is 0 Å². The summed E-state index contributed by atoms with van der Waals surface area (Å²) in [5.74, 6) is 0.0657. The van der Waals surface area contributed by atoms with Gasteiger partial charge >= 0.3 is 0 Å². The van der Waals surface area contributed by atoms with Crippen molar-refractivity contribution in [2.45, 2.75) is 25.9 Å². The minimum absolute atomic E-state index is 0.0519. The lowest BCUT2D eigenvalue weighted by molar-refractivity contribution is -0.122. The number of amides is 1. The molecule has 1 N–H and O–H groups in total. The van der Waals surface area contributed by atoms with Gasteiger partial charge in [0, 0.05) is 36.2 Å². The van der Waals surface area contributed by atoms with Crippen molar-refractivity contribution >= 4 is 21.8 Å². The smallest absolute Gasteiger partial charge is 0.234 e. The monoisotopic (exact) mass is 397 g/mol. The van der Waals surface area contributed by atoms with Gasteiger partial charge < -0.3 is 10.1 Å². The maximum atomic E-state index is 12.2. The van der Waals surface area contributed by atoms with Crippen molar-refractivity contribution in [3.05, 3.63) is 34.3 Å². The molecule has 0 radical (unpaired) electrons. The molecule has 1 aromatic rings. The molecule has 134 valence electrons. The predicted octanol–water partition coefficient (Wildman–Crippen LogP) is 2.11. The number of rotatable bonds is 7. The van der Waals surface area contributed by atoms with Crippen LogP contribution in [0.25, 0.3) is 0 Å². The summed E-state index contributed by atoms with van der Waals surface area (Å²) in [6.07, 6.45) is 0. The van der Waals surface area contributed by atoms with Crippen molar-refractivity contribution in [1.82, 2.24) is 15.1 Å². The Morgan fingerprint density at radius 2 is 1.92 bits per heavy atom. The zero-order valence-corrected chi connectivity index (χ0v) is 16.4. The summed E-state index contributed by atoms with van der Waals surface area (Å²) in [4.78, 5) is 16.6. The summed E-state index contributed by atoms with van der Waals surface area (Å²) in [6, 6.07) is 8.18. The Hall–Kier alpha value is -0.950. The molecule has 1 amide bonds. The van der Waals surface area contributed by atoms with Gasteiger partial charge in [-0.15, -0.1) is 0 Å². The van der Waals surface area contributed by atoms with Crippen LogP contribution in [-0.2, 0) is 16.1 Å². The summed E-state index contributed by atoms with van der Waals surface area (Å²) in [7, 11) is 1.97. The Balaban J connectivity index is 1.74. The molecule has 1 saturated heterocycles. The highest BCUT2D eigenvalue weighted by Gasteiger charge is 2.28. The average Bonchev–Trinajstić information content (AvgIpc) is 2.56. The van der Waals surface area contributed by atoms with E-state index in [0.29, 0.717) is 13.1 Å². The molecule has 1 aromatic carbocycles. The van der Waals surface area contributed by atoms with Crippen LogP contribution in [0.4, 0.5) is 0 Å². The fourth-order valence-corrected chi connectivity index (χ4v) is 3.12. The van der Waals surface area contributed by atoms with E-state index in [1.807, 2.05) is 24.1 Å². The molecule has 5 nitrogen and oxygen atoms in total. The van der Waals surface area contributed by atoms with E-state index < -0.39 is 0 Å². The van der Waals surface area contributed by atoms with Crippen molar-refractivity contribution in [3.8, 4) is 0 Å². The number of benzene rings is 1. The molecule has 1 fully saturated rings.